The van der Waals surface area contributed by atoms with Crippen LogP contribution in [0, 0.1) is 5.38 Å². The molecular formula is C14H17S. The summed E-state index contributed by atoms with van der Waals surface area (Å²) in [4.78, 5) is 0. The van der Waals surface area contributed by atoms with E-state index in [2.05, 4.69) is 36.6 Å². The van der Waals surface area contributed by atoms with Gasteiger partial charge in [-0.3, -0.25) is 0 Å². The third-order valence-electron chi connectivity index (χ3n) is 2.78. The summed E-state index contributed by atoms with van der Waals surface area (Å²) in [5.74, 6) is 0. The van der Waals surface area contributed by atoms with E-state index in [0.717, 1.165) is 0 Å². The first kappa shape index (κ1) is 10.7. The van der Waals surface area contributed by atoms with Crippen LogP contribution in [0.2, 0.25) is 0 Å². The molecule has 0 spiro atoms. The fraction of sp³-hybridized carbons (Fsp3) is 0.429. The van der Waals surface area contributed by atoms with Crippen LogP contribution in [0.4, 0.5) is 0 Å². The van der Waals surface area contributed by atoms with E-state index in [4.69, 9.17) is 0 Å². The van der Waals surface area contributed by atoms with Crippen LogP contribution in [0.15, 0.2) is 24.3 Å². The highest BCUT2D eigenvalue weighted by Crippen LogP contribution is 2.22. The molecule has 1 heteroatoms. The second-order valence-electron chi connectivity index (χ2n) is 4.05. The molecule has 0 atom stereocenters. The van der Waals surface area contributed by atoms with Gasteiger partial charge in [0, 0.05) is 10.1 Å². The monoisotopic (exact) mass is 217 g/mol. The maximum atomic E-state index is 3.18. The fourth-order valence-electron chi connectivity index (χ4n) is 1.85. The minimum Gasteiger partial charge on any atom is -0.134 e. The summed E-state index contributed by atoms with van der Waals surface area (Å²) in [6.45, 7) is 2.26. The number of benzene rings is 1. The molecule has 1 radical (unpaired) electrons. The van der Waals surface area contributed by atoms with Crippen LogP contribution in [-0.2, 0) is 6.42 Å². The lowest BCUT2D eigenvalue weighted by molar-refractivity contribution is 0.667. The van der Waals surface area contributed by atoms with Crippen LogP contribution in [0.5, 0.6) is 0 Å². The van der Waals surface area contributed by atoms with E-state index < -0.39 is 0 Å². The molecule has 0 aliphatic heterocycles. The summed E-state index contributed by atoms with van der Waals surface area (Å²) in [6.07, 6.45) is 6.61. The van der Waals surface area contributed by atoms with Crippen LogP contribution in [0.25, 0.3) is 10.1 Å². The van der Waals surface area contributed by atoms with Crippen molar-refractivity contribution in [2.75, 3.05) is 0 Å². The number of aryl methyl sites for hydroxylation is 1. The minimum atomic E-state index is 1.23. The molecule has 0 fully saturated rings. The van der Waals surface area contributed by atoms with Gasteiger partial charge >= 0.3 is 0 Å². The van der Waals surface area contributed by atoms with E-state index in [1.54, 1.807) is 11.3 Å². The number of hydrogen-bond donors (Lipinski definition) is 0. The van der Waals surface area contributed by atoms with Gasteiger partial charge in [0.25, 0.3) is 0 Å². The van der Waals surface area contributed by atoms with Gasteiger partial charge in [-0.15, -0.1) is 11.3 Å². The SMILES string of the molecule is CCCCCCc1ccc2c[c]sc2c1. The average Bonchev–Trinajstić information content (AvgIpc) is 2.71. The topological polar surface area (TPSA) is 0 Å². The van der Waals surface area contributed by atoms with Crippen molar-refractivity contribution >= 4 is 21.4 Å². The summed E-state index contributed by atoms with van der Waals surface area (Å²) in [5.41, 5.74) is 1.48. The number of fused-ring (bicyclic) bond motifs is 1. The molecule has 0 saturated heterocycles. The lowest BCUT2D eigenvalue weighted by atomic mass is 10.1. The highest BCUT2D eigenvalue weighted by Gasteiger charge is 1.97. The van der Waals surface area contributed by atoms with E-state index in [0.29, 0.717) is 0 Å². The second kappa shape index (κ2) is 5.32. The van der Waals surface area contributed by atoms with Crippen molar-refractivity contribution in [3.63, 3.8) is 0 Å². The standard InChI is InChI=1S/C14H17S/c1-2-3-4-5-6-12-7-8-13-9-10-15-14(13)11-12/h7-9,11H,2-6H2,1H3. The molecule has 0 saturated carbocycles. The number of hydrogen-bond acceptors (Lipinski definition) is 1. The van der Waals surface area contributed by atoms with Crippen molar-refractivity contribution in [2.24, 2.45) is 0 Å². The fourth-order valence-corrected chi connectivity index (χ4v) is 2.62. The van der Waals surface area contributed by atoms with Crippen LogP contribution in [-0.4, -0.2) is 0 Å². The Hall–Kier alpha value is -0.820. The molecule has 1 heterocycles. The van der Waals surface area contributed by atoms with Crippen LogP contribution < -0.4 is 0 Å². The highest BCUT2D eigenvalue weighted by atomic mass is 32.1. The largest absolute Gasteiger partial charge is 0.134 e. The van der Waals surface area contributed by atoms with Crippen LogP contribution >= 0.6 is 11.3 Å². The molecule has 0 N–H and O–H groups in total. The molecule has 0 bridgehead atoms. The molecule has 1 aromatic carbocycles. The van der Waals surface area contributed by atoms with E-state index >= 15 is 0 Å². The molecule has 0 aliphatic rings. The summed E-state index contributed by atoms with van der Waals surface area (Å²) in [7, 11) is 0. The van der Waals surface area contributed by atoms with Crippen LogP contribution in [0.3, 0.4) is 0 Å². The van der Waals surface area contributed by atoms with Crippen molar-refractivity contribution < 1.29 is 0 Å². The van der Waals surface area contributed by atoms with E-state index in [-0.39, 0.29) is 0 Å². The molecular weight excluding hydrogens is 200 g/mol. The smallest absolute Gasteiger partial charge is 0.0455 e. The van der Waals surface area contributed by atoms with Crippen LogP contribution in [0.1, 0.15) is 38.2 Å². The van der Waals surface area contributed by atoms with Gasteiger partial charge in [0.1, 0.15) is 0 Å². The van der Waals surface area contributed by atoms with Gasteiger partial charge in [-0.1, -0.05) is 38.3 Å². The zero-order chi connectivity index (χ0) is 10.5. The Morgan fingerprint density at radius 2 is 2.13 bits per heavy atom. The lowest BCUT2D eigenvalue weighted by Crippen LogP contribution is -1.84. The maximum Gasteiger partial charge on any atom is 0.0455 e. The predicted molar refractivity (Wildman–Crippen MR) is 68.5 cm³/mol. The van der Waals surface area contributed by atoms with E-state index in [1.165, 1.54) is 47.8 Å². The molecule has 2 rings (SSSR count). The van der Waals surface area contributed by atoms with E-state index in [1.807, 2.05) is 0 Å². The van der Waals surface area contributed by atoms with Gasteiger partial charge in [0.2, 0.25) is 0 Å². The molecule has 79 valence electrons. The number of rotatable bonds is 5. The predicted octanol–water partition coefficient (Wildman–Crippen LogP) is 4.82. The first-order valence-corrected chi connectivity index (χ1v) is 6.60. The van der Waals surface area contributed by atoms with Gasteiger partial charge in [-0.25, -0.2) is 0 Å². The second-order valence-corrected chi connectivity index (χ2v) is 4.93. The Kier molecular flexibility index (Phi) is 3.79. The molecule has 0 unspecified atom stereocenters. The molecule has 15 heavy (non-hydrogen) atoms. The Morgan fingerprint density at radius 3 is 3.00 bits per heavy atom. The van der Waals surface area contributed by atoms with Gasteiger partial charge in [0.15, 0.2) is 0 Å². The van der Waals surface area contributed by atoms with Gasteiger partial charge in [0.05, 0.1) is 0 Å². The normalized spacial score (nSPS) is 11.0. The summed E-state index contributed by atoms with van der Waals surface area (Å²) < 4.78 is 1.38. The lowest BCUT2D eigenvalue weighted by Gasteiger charge is -2.01. The van der Waals surface area contributed by atoms with E-state index in [9.17, 15) is 0 Å². The Labute approximate surface area is 95.9 Å². The van der Waals surface area contributed by atoms with Crippen molar-refractivity contribution in [2.45, 2.75) is 39.0 Å². The Balaban J connectivity index is 1.96. The maximum absolute atomic E-state index is 3.18. The quantitative estimate of drug-likeness (QED) is 0.630. The summed E-state index contributed by atoms with van der Waals surface area (Å²) in [6, 6.07) is 8.87. The van der Waals surface area contributed by atoms with Crippen molar-refractivity contribution in [1.82, 2.24) is 0 Å². The minimum absolute atomic E-state index is 1.23. The molecule has 0 nitrogen and oxygen atoms in total. The third-order valence-corrected chi connectivity index (χ3v) is 3.59. The zero-order valence-electron chi connectivity index (χ0n) is 9.25. The Morgan fingerprint density at radius 1 is 1.20 bits per heavy atom. The highest BCUT2D eigenvalue weighted by molar-refractivity contribution is 7.16. The van der Waals surface area contributed by atoms with Gasteiger partial charge in [-0.05, 0) is 35.9 Å². The van der Waals surface area contributed by atoms with Gasteiger partial charge in [-0.2, -0.15) is 0 Å². The zero-order valence-corrected chi connectivity index (χ0v) is 10.1. The van der Waals surface area contributed by atoms with Crippen molar-refractivity contribution in [3.8, 4) is 0 Å². The first-order chi connectivity index (χ1) is 7.40. The average molecular weight is 217 g/mol. The van der Waals surface area contributed by atoms with Gasteiger partial charge < -0.3 is 0 Å². The molecule has 1 aromatic heterocycles. The van der Waals surface area contributed by atoms with Crippen molar-refractivity contribution in [3.05, 3.63) is 35.2 Å². The molecule has 0 amide bonds. The summed E-state index contributed by atoms with van der Waals surface area (Å²) >= 11 is 1.72. The first-order valence-electron chi connectivity index (χ1n) is 5.78. The number of thiophene rings is 1. The Bertz CT molecular complexity index is 414. The number of unbranched alkanes of at least 4 members (excludes halogenated alkanes) is 3. The van der Waals surface area contributed by atoms with Crippen molar-refractivity contribution in [1.29, 1.82) is 0 Å². The third kappa shape index (κ3) is 2.82. The molecule has 2 aromatic rings. The summed E-state index contributed by atoms with van der Waals surface area (Å²) in [5, 5.41) is 4.51. The molecule has 0 aliphatic carbocycles.